The van der Waals surface area contributed by atoms with Gasteiger partial charge in [-0.15, -0.1) is 0 Å². The van der Waals surface area contributed by atoms with Gasteiger partial charge < -0.3 is 15.0 Å². The number of benzene rings is 1. The van der Waals surface area contributed by atoms with E-state index in [2.05, 4.69) is 20.3 Å². The number of methoxy groups -OCH3 is 1. The van der Waals surface area contributed by atoms with Gasteiger partial charge in [-0.2, -0.15) is 0 Å². The van der Waals surface area contributed by atoms with Crippen LogP contribution in [0.15, 0.2) is 49.2 Å². The SMILES string of the molecule is COc1cccc(CNC(=O)c2cn(-c3cc(N(C)C)ncn3)cn2)c1. The molecule has 3 rings (SSSR count). The number of hydrogen-bond donors (Lipinski definition) is 1. The topological polar surface area (TPSA) is 85.2 Å². The summed E-state index contributed by atoms with van der Waals surface area (Å²) in [6, 6.07) is 9.36. The molecule has 1 aromatic carbocycles. The smallest absolute Gasteiger partial charge is 0.271 e. The highest BCUT2D eigenvalue weighted by molar-refractivity contribution is 5.92. The zero-order valence-electron chi connectivity index (χ0n) is 14.9. The van der Waals surface area contributed by atoms with E-state index < -0.39 is 0 Å². The average Bonchev–Trinajstić information content (AvgIpc) is 3.16. The minimum Gasteiger partial charge on any atom is -0.497 e. The standard InChI is InChI=1S/C18H20N6O2/c1-23(2)16-8-17(21-11-20-16)24-10-15(22-12-24)18(25)19-9-13-5-4-6-14(7-13)26-3/h4-8,10-12H,9H2,1-3H3,(H,19,25). The van der Waals surface area contributed by atoms with E-state index in [4.69, 9.17) is 4.74 Å². The first-order chi connectivity index (χ1) is 12.6. The molecule has 0 atom stereocenters. The van der Waals surface area contributed by atoms with Crippen molar-refractivity contribution < 1.29 is 9.53 Å². The fourth-order valence-corrected chi connectivity index (χ4v) is 2.34. The number of amides is 1. The van der Waals surface area contributed by atoms with Crippen LogP contribution in [0.5, 0.6) is 5.75 Å². The van der Waals surface area contributed by atoms with Gasteiger partial charge >= 0.3 is 0 Å². The predicted octanol–water partition coefficient (Wildman–Crippen LogP) is 1.67. The lowest BCUT2D eigenvalue weighted by molar-refractivity contribution is 0.0946. The number of ether oxygens (including phenoxy) is 1. The minimum atomic E-state index is -0.256. The molecular formula is C18H20N6O2. The van der Waals surface area contributed by atoms with Gasteiger partial charge in [0.25, 0.3) is 5.91 Å². The molecule has 8 heteroatoms. The number of carbonyl (C=O) groups excluding carboxylic acids is 1. The Morgan fingerprint density at radius 2 is 2.08 bits per heavy atom. The zero-order chi connectivity index (χ0) is 18.5. The molecule has 0 bridgehead atoms. The Morgan fingerprint density at radius 1 is 1.23 bits per heavy atom. The van der Waals surface area contributed by atoms with Crippen molar-refractivity contribution in [3.63, 3.8) is 0 Å². The van der Waals surface area contributed by atoms with Crippen molar-refractivity contribution in [1.29, 1.82) is 0 Å². The molecule has 0 aliphatic rings. The quantitative estimate of drug-likeness (QED) is 0.726. The van der Waals surface area contributed by atoms with E-state index in [1.165, 1.54) is 6.33 Å². The lowest BCUT2D eigenvalue weighted by Crippen LogP contribution is -2.23. The maximum atomic E-state index is 12.3. The van der Waals surface area contributed by atoms with Crippen LogP contribution < -0.4 is 15.0 Å². The molecule has 0 radical (unpaired) electrons. The van der Waals surface area contributed by atoms with Crippen molar-refractivity contribution in [2.75, 3.05) is 26.1 Å². The van der Waals surface area contributed by atoms with E-state index in [9.17, 15) is 4.79 Å². The van der Waals surface area contributed by atoms with Gasteiger partial charge in [0.2, 0.25) is 0 Å². The number of anilines is 1. The van der Waals surface area contributed by atoms with Gasteiger partial charge in [-0.3, -0.25) is 9.36 Å². The van der Waals surface area contributed by atoms with Crippen LogP contribution >= 0.6 is 0 Å². The molecule has 26 heavy (non-hydrogen) atoms. The van der Waals surface area contributed by atoms with Crippen LogP contribution in [0.3, 0.4) is 0 Å². The Labute approximate surface area is 151 Å². The van der Waals surface area contributed by atoms with Crippen LogP contribution in [-0.2, 0) is 6.54 Å². The van der Waals surface area contributed by atoms with E-state index in [1.54, 1.807) is 24.2 Å². The summed E-state index contributed by atoms with van der Waals surface area (Å²) in [5.41, 5.74) is 1.27. The highest BCUT2D eigenvalue weighted by atomic mass is 16.5. The Balaban J connectivity index is 1.69. The maximum absolute atomic E-state index is 12.3. The summed E-state index contributed by atoms with van der Waals surface area (Å²) in [5, 5.41) is 2.85. The summed E-state index contributed by atoms with van der Waals surface area (Å²) < 4.78 is 6.87. The van der Waals surface area contributed by atoms with Crippen LogP contribution in [0, 0.1) is 0 Å². The third-order valence-electron chi connectivity index (χ3n) is 3.76. The molecule has 0 aliphatic carbocycles. The van der Waals surface area contributed by atoms with E-state index in [0.717, 1.165) is 17.1 Å². The normalized spacial score (nSPS) is 10.4. The number of rotatable bonds is 6. The van der Waals surface area contributed by atoms with Gasteiger partial charge in [-0.1, -0.05) is 12.1 Å². The lowest BCUT2D eigenvalue weighted by atomic mass is 10.2. The van der Waals surface area contributed by atoms with Gasteiger partial charge in [0.15, 0.2) is 0 Å². The molecule has 0 spiro atoms. The second kappa shape index (κ2) is 7.64. The summed E-state index contributed by atoms with van der Waals surface area (Å²) in [6.45, 7) is 0.390. The summed E-state index contributed by atoms with van der Waals surface area (Å²) in [7, 11) is 5.41. The average molecular weight is 352 g/mol. The molecule has 0 unspecified atom stereocenters. The van der Waals surface area contributed by atoms with Crippen LogP contribution in [0.25, 0.3) is 5.82 Å². The lowest BCUT2D eigenvalue weighted by Gasteiger charge is -2.11. The number of imidazole rings is 1. The van der Waals surface area contributed by atoms with Crippen molar-refractivity contribution in [2.24, 2.45) is 0 Å². The molecule has 0 fully saturated rings. The van der Waals surface area contributed by atoms with Crippen LogP contribution in [0.2, 0.25) is 0 Å². The highest BCUT2D eigenvalue weighted by Gasteiger charge is 2.11. The Morgan fingerprint density at radius 3 is 2.85 bits per heavy atom. The number of nitrogens with zero attached hydrogens (tertiary/aromatic N) is 5. The Hall–Kier alpha value is -3.42. The predicted molar refractivity (Wildman–Crippen MR) is 97.6 cm³/mol. The van der Waals surface area contributed by atoms with Gasteiger partial charge in [-0.05, 0) is 17.7 Å². The molecule has 1 N–H and O–H groups in total. The molecule has 0 saturated carbocycles. The van der Waals surface area contributed by atoms with E-state index in [1.807, 2.05) is 49.3 Å². The molecule has 134 valence electrons. The fourth-order valence-electron chi connectivity index (χ4n) is 2.34. The molecule has 1 amide bonds. The van der Waals surface area contributed by atoms with Gasteiger partial charge in [0, 0.05) is 32.9 Å². The summed E-state index contributed by atoms with van der Waals surface area (Å²) in [6.07, 6.45) is 4.68. The van der Waals surface area contributed by atoms with Gasteiger partial charge in [-0.25, -0.2) is 15.0 Å². The monoisotopic (exact) mass is 352 g/mol. The fraction of sp³-hybridized carbons (Fsp3) is 0.222. The van der Waals surface area contributed by atoms with E-state index >= 15 is 0 Å². The molecule has 8 nitrogen and oxygen atoms in total. The number of aromatic nitrogens is 4. The molecular weight excluding hydrogens is 332 g/mol. The number of carbonyl (C=O) groups is 1. The molecule has 0 aliphatic heterocycles. The van der Waals surface area contributed by atoms with Crippen LogP contribution in [-0.4, -0.2) is 46.6 Å². The largest absolute Gasteiger partial charge is 0.497 e. The summed E-state index contributed by atoms with van der Waals surface area (Å²) >= 11 is 0. The maximum Gasteiger partial charge on any atom is 0.271 e. The molecule has 3 aromatic rings. The molecule has 2 heterocycles. The molecule has 0 saturated heterocycles. The van der Waals surface area contributed by atoms with E-state index in [0.29, 0.717) is 18.1 Å². The summed E-state index contributed by atoms with van der Waals surface area (Å²) in [4.78, 5) is 26.8. The van der Waals surface area contributed by atoms with Crippen molar-refractivity contribution >= 4 is 11.7 Å². The second-order valence-corrected chi connectivity index (χ2v) is 5.83. The van der Waals surface area contributed by atoms with Crippen molar-refractivity contribution in [3.05, 3.63) is 60.4 Å². The Kier molecular flexibility index (Phi) is 5.12. The number of nitrogens with one attached hydrogen (secondary N) is 1. The minimum absolute atomic E-state index is 0.256. The first kappa shape index (κ1) is 17.4. The molecule has 2 aromatic heterocycles. The first-order valence-electron chi connectivity index (χ1n) is 8.01. The van der Waals surface area contributed by atoms with Crippen LogP contribution in [0.1, 0.15) is 16.1 Å². The van der Waals surface area contributed by atoms with E-state index in [-0.39, 0.29) is 5.91 Å². The van der Waals surface area contributed by atoms with Crippen LogP contribution in [0.4, 0.5) is 5.82 Å². The summed E-state index contributed by atoms with van der Waals surface area (Å²) in [5.74, 6) is 1.91. The third-order valence-corrected chi connectivity index (χ3v) is 3.76. The zero-order valence-corrected chi connectivity index (χ0v) is 14.9. The van der Waals surface area contributed by atoms with Crippen molar-refractivity contribution in [3.8, 4) is 11.6 Å². The third kappa shape index (κ3) is 3.97. The van der Waals surface area contributed by atoms with Gasteiger partial charge in [0.1, 0.15) is 35.7 Å². The van der Waals surface area contributed by atoms with Crippen molar-refractivity contribution in [2.45, 2.75) is 6.54 Å². The van der Waals surface area contributed by atoms with Gasteiger partial charge in [0.05, 0.1) is 7.11 Å². The van der Waals surface area contributed by atoms with Crippen molar-refractivity contribution in [1.82, 2.24) is 24.8 Å². The first-order valence-corrected chi connectivity index (χ1v) is 8.01. The highest BCUT2D eigenvalue weighted by Crippen LogP contribution is 2.13. The second-order valence-electron chi connectivity index (χ2n) is 5.83. The number of hydrogen-bond acceptors (Lipinski definition) is 6. The Bertz CT molecular complexity index is 906.